The molecule has 2 heterocycles. The lowest BCUT2D eigenvalue weighted by Crippen LogP contribution is -2.24. The largest absolute Gasteiger partial charge is 0.467 e. The smallest absolute Gasteiger partial charge is 0.263 e. The molecule has 0 aliphatic carbocycles. The Morgan fingerprint density at radius 3 is 2.62 bits per heavy atom. The van der Waals surface area contributed by atoms with Crippen LogP contribution in [0.3, 0.4) is 0 Å². The van der Waals surface area contributed by atoms with Crippen molar-refractivity contribution in [3.05, 3.63) is 77.5 Å². The maximum Gasteiger partial charge on any atom is 0.263 e. The Labute approximate surface area is 155 Å². The molecule has 0 fully saturated rings. The summed E-state index contributed by atoms with van der Waals surface area (Å²) in [7, 11) is -3.91. The second-order valence-electron chi connectivity index (χ2n) is 5.23. The van der Waals surface area contributed by atoms with Gasteiger partial charge in [0.05, 0.1) is 24.1 Å². The van der Waals surface area contributed by atoms with Gasteiger partial charge in [-0.2, -0.15) is 0 Å². The van der Waals surface area contributed by atoms with E-state index < -0.39 is 15.9 Å². The van der Waals surface area contributed by atoms with E-state index in [1.807, 2.05) is 0 Å². The number of nitrogens with zero attached hydrogens (tertiary/aromatic N) is 1. The van der Waals surface area contributed by atoms with E-state index in [0.29, 0.717) is 5.76 Å². The first-order valence-corrected chi connectivity index (χ1v) is 9.36. The molecule has 0 saturated carbocycles. The van der Waals surface area contributed by atoms with Crippen LogP contribution in [0.5, 0.6) is 0 Å². The first-order chi connectivity index (χ1) is 12.5. The normalized spacial score (nSPS) is 11.1. The lowest BCUT2D eigenvalue weighted by Gasteiger charge is -2.12. The molecule has 0 unspecified atom stereocenters. The van der Waals surface area contributed by atoms with Crippen LogP contribution >= 0.6 is 11.6 Å². The zero-order valence-corrected chi connectivity index (χ0v) is 14.9. The van der Waals surface area contributed by atoms with Crippen molar-refractivity contribution in [2.75, 3.05) is 4.72 Å². The van der Waals surface area contributed by atoms with Crippen LogP contribution in [0.15, 0.2) is 70.3 Å². The molecule has 0 saturated heterocycles. The number of sulfonamides is 1. The number of carbonyl (C=O) groups is 1. The molecule has 9 heteroatoms. The third-order valence-corrected chi connectivity index (χ3v) is 5.00. The van der Waals surface area contributed by atoms with Gasteiger partial charge >= 0.3 is 0 Å². The number of aromatic nitrogens is 1. The summed E-state index contributed by atoms with van der Waals surface area (Å²) in [6.07, 6.45) is 2.65. The lowest BCUT2D eigenvalue weighted by atomic mass is 10.1. The van der Waals surface area contributed by atoms with Crippen LogP contribution in [0.1, 0.15) is 16.1 Å². The first-order valence-electron chi connectivity index (χ1n) is 7.50. The molecule has 0 radical (unpaired) electrons. The molecule has 0 aliphatic rings. The minimum absolute atomic E-state index is 0.0623. The van der Waals surface area contributed by atoms with Crippen LogP contribution < -0.4 is 10.0 Å². The van der Waals surface area contributed by atoms with Gasteiger partial charge in [-0.05, 0) is 36.4 Å². The van der Waals surface area contributed by atoms with Crippen molar-refractivity contribution in [1.29, 1.82) is 0 Å². The van der Waals surface area contributed by atoms with Gasteiger partial charge in [-0.1, -0.05) is 23.7 Å². The molecule has 0 bridgehead atoms. The highest BCUT2D eigenvalue weighted by Gasteiger charge is 2.19. The molecule has 2 aromatic heterocycles. The Hall–Kier alpha value is -2.84. The summed E-state index contributed by atoms with van der Waals surface area (Å²) in [4.78, 5) is 16.1. The average molecular weight is 392 g/mol. The summed E-state index contributed by atoms with van der Waals surface area (Å²) in [5.74, 6) is 0.151. The molecule has 1 amide bonds. The molecule has 7 nitrogen and oxygen atoms in total. The predicted octanol–water partition coefficient (Wildman–Crippen LogP) is 3.06. The van der Waals surface area contributed by atoms with Crippen molar-refractivity contribution >= 4 is 33.2 Å². The van der Waals surface area contributed by atoms with Crippen LogP contribution in [0.2, 0.25) is 5.15 Å². The molecular weight excluding hydrogens is 378 g/mol. The minimum Gasteiger partial charge on any atom is -0.467 e. The number of hydrogen-bond donors (Lipinski definition) is 2. The number of rotatable bonds is 6. The van der Waals surface area contributed by atoms with Gasteiger partial charge in [-0.25, -0.2) is 13.4 Å². The molecule has 3 aromatic rings. The highest BCUT2D eigenvalue weighted by molar-refractivity contribution is 7.92. The topological polar surface area (TPSA) is 101 Å². The van der Waals surface area contributed by atoms with Crippen molar-refractivity contribution in [1.82, 2.24) is 10.3 Å². The summed E-state index contributed by atoms with van der Waals surface area (Å²) in [6.45, 7) is 0.189. The second-order valence-corrected chi connectivity index (χ2v) is 7.30. The van der Waals surface area contributed by atoms with Crippen molar-refractivity contribution in [3.8, 4) is 0 Å². The van der Waals surface area contributed by atoms with Crippen LogP contribution in [-0.2, 0) is 16.6 Å². The van der Waals surface area contributed by atoms with Gasteiger partial charge in [-0.15, -0.1) is 0 Å². The zero-order valence-electron chi connectivity index (χ0n) is 13.3. The number of hydrogen-bond acceptors (Lipinski definition) is 5. The Morgan fingerprint density at radius 2 is 1.92 bits per heavy atom. The molecule has 3 rings (SSSR count). The molecule has 1 aromatic carbocycles. The maximum absolute atomic E-state index is 12.5. The minimum atomic E-state index is -3.91. The number of pyridine rings is 1. The standard InChI is InChI=1S/C17H14ClN3O4S/c18-16-8-7-13(11-19-16)26(23,24)21-15-6-2-1-5-14(15)17(22)20-10-12-4-3-9-25-12/h1-9,11,21H,10H2,(H,20,22). The summed E-state index contributed by atoms with van der Waals surface area (Å²) >= 11 is 5.68. The van der Waals surface area contributed by atoms with E-state index in [4.69, 9.17) is 16.0 Å². The van der Waals surface area contributed by atoms with Crippen molar-refractivity contribution < 1.29 is 17.6 Å². The zero-order chi connectivity index (χ0) is 18.6. The number of para-hydroxylation sites is 1. The van der Waals surface area contributed by atoms with Crippen LogP contribution in [0.4, 0.5) is 5.69 Å². The molecule has 0 atom stereocenters. The van der Waals surface area contributed by atoms with Gasteiger partial charge in [0.1, 0.15) is 15.8 Å². The fourth-order valence-electron chi connectivity index (χ4n) is 2.17. The van der Waals surface area contributed by atoms with Gasteiger partial charge < -0.3 is 9.73 Å². The van der Waals surface area contributed by atoms with Gasteiger partial charge in [0.2, 0.25) is 0 Å². The molecule has 0 spiro atoms. The summed E-state index contributed by atoms with van der Waals surface area (Å²) < 4.78 is 32.5. The third kappa shape index (κ3) is 4.22. The number of carbonyl (C=O) groups excluding carboxylic acids is 1. The van der Waals surface area contributed by atoms with E-state index in [2.05, 4.69) is 15.0 Å². The molecular formula is C17H14ClN3O4S. The molecule has 2 N–H and O–H groups in total. The quantitative estimate of drug-likeness (QED) is 0.629. The lowest BCUT2D eigenvalue weighted by molar-refractivity contribution is 0.0949. The van der Waals surface area contributed by atoms with Crippen LogP contribution in [0, 0.1) is 0 Å². The Kier molecular flexibility index (Phi) is 5.24. The monoisotopic (exact) mass is 391 g/mol. The van der Waals surface area contributed by atoms with Gasteiger partial charge in [-0.3, -0.25) is 9.52 Å². The van der Waals surface area contributed by atoms with Crippen molar-refractivity contribution in [3.63, 3.8) is 0 Å². The Bertz CT molecular complexity index is 1000. The Morgan fingerprint density at radius 1 is 1.12 bits per heavy atom. The van der Waals surface area contributed by atoms with E-state index in [-0.39, 0.29) is 27.8 Å². The highest BCUT2D eigenvalue weighted by Crippen LogP contribution is 2.20. The summed E-state index contributed by atoms with van der Waals surface area (Å²) in [5.41, 5.74) is 0.337. The number of nitrogens with one attached hydrogen (secondary N) is 2. The van der Waals surface area contributed by atoms with E-state index in [0.717, 1.165) is 6.20 Å². The van der Waals surface area contributed by atoms with Crippen molar-refractivity contribution in [2.24, 2.45) is 0 Å². The predicted molar refractivity (Wildman–Crippen MR) is 96.4 cm³/mol. The Balaban J connectivity index is 1.80. The number of halogens is 1. The second kappa shape index (κ2) is 7.59. The number of amides is 1. The molecule has 134 valence electrons. The van der Waals surface area contributed by atoms with Gasteiger partial charge in [0, 0.05) is 6.20 Å². The number of furan rings is 1. The highest BCUT2D eigenvalue weighted by atomic mass is 35.5. The third-order valence-electron chi connectivity index (χ3n) is 3.43. The number of anilines is 1. The van der Waals surface area contributed by atoms with E-state index in [9.17, 15) is 13.2 Å². The molecule has 0 aliphatic heterocycles. The van der Waals surface area contributed by atoms with E-state index >= 15 is 0 Å². The van der Waals surface area contributed by atoms with Crippen molar-refractivity contribution in [2.45, 2.75) is 11.4 Å². The van der Waals surface area contributed by atoms with Gasteiger partial charge in [0.15, 0.2) is 0 Å². The first kappa shape index (κ1) is 18.0. The van der Waals surface area contributed by atoms with E-state index in [1.165, 1.54) is 30.5 Å². The SMILES string of the molecule is O=C(NCc1ccco1)c1ccccc1NS(=O)(=O)c1ccc(Cl)nc1. The number of benzene rings is 1. The van der Waals surface area contributed by atoms with Crippen LogP contribution in [-0.4, -0.2) is 19.3 Å². The average Bonchev–Trinajstić information content (AvgIpc) is 3.14. The maximum atomic E-state index is 12.5. The van der Waals surface area contributed by atoms with Crippen LogP contribution in [0.25, 0.3) is 0 Å². The molecule has 26 heavy (non-hydrogen) atoms. The van der Waals surface area contributed by atoms with E-state index in [1.54, 1.807) is 24.3 Å². The fourth-order valence-corrected chi connectivity index (χ4v) is 3.31. The summed E-state index contributed by atoms with van der Waals surface area (Å²) in [6, 6.07) is 12.4. The fraction of sp³-hybridized carbons (Fsp3) is 0.0588. The van der Waals surface area contributed by atoms with Gasteiger partial charge in [0.25, 0.3) is 15.9 Å². The summed E-state index contributed by atoms with van der Waals surface area (Å²) in [5, 5.41) is 2.86.